The van der Waals surface area contributed by atoms with E-state index < -0.39 is 58.6 Å². The maximum atomic E-state index is 15.2. The van der Waals surface area contributed by atoms with Gasteiger partial charge in [-0.3, -0.25) is 9.13 Å². The molecule has 15 aromatic rings. The number of nitriles is 1. The number of rotatable bonds is 6. The number of halogens is 12. The van der Waals surface area contributed by atoms with Crippen LogP contribution in [-0.4, -0.2) is 23.3 Å². The summed E-state index contributed by atoms with van der Waals surface area (Å²) in [6.07, 6.45) is -20.2. The number of benzene rings is 10. The second-order valence-electron chi connectivity index (χ2n) is 21.4. The molecule has 0 radical (unpaired) electrons. The van der Waals surface area contributed by atoms with Crippen molar-refractivity contribution in [3.8, 4) is 51.3 Å². The maximum absolute atomic E-state index is 15.2. The van der Waals surface area contributed by atoms with Gasteiger partial charge < -0.3 is 9.13 Å². The lowest BCUT2D eigenvalue weighted by Crippen LogP contribution is -2.13. The molecule has 88 heavy (non-hydrogen) atoms. The number of hydrogen-bond acceptors (Lipinski definition) is 2. The Kier molecular flexibility index (Phi) is 11.7. The summed E-state index contributed by atoms with van der Waals surface area (Å²) in [4.78, 5) is 5.41. The first-order valence-corrected chi connectivity index (χ1v) is 27.3. The van der Waals surface area contributed by atoms with Crippen molar-refractivity contribution in [1.29, 1.82) is 5.26 Å². The van der Waals surface area contributed by atoms with Crippen LogP contribution >= 0.6 is 0 Å². The number of para-hydroxylation sites is 6. The molecule has 0 unspecified atom stereocenters. The Morgan fingerprint density at radius 2 is 0.534 bits per heavy atom. The Hall–Kier alpha value is -10.8. The summed E-state index contributed by atoms with van der Waals surface area (Å²) in [7, 11) is 0. The van der Waals surface area contributed by atoms with Gasteiger partial charge >= 0.3 is 24.7 Å². The third-order valence-corrected chi connectivity index (χ3v) is 16.5. The summed E-state index contributed by atoms with van der Waals surface area (Å²) in [6, 6.07) is 55.7. The first-order valence-electron chi connectivity index (χ1n) is 27.3. The molecule has 5 heterocycles. The molecule has 18 heteroatoms. The van der Waals surface area contributed by atoms with Gasteiger partial charge in [-0.25, -0.2) is 4.98 Å². The molecule has 0 saturated heterocycles. The van der Waals surface area contributed by atoms with Crippen molar-refractivity contribution in [2.45, 2.75) is 24.7 Å². The van der Waals surface area contributed by atoms with Crippen molar-refractivity contribution in [3.05, 3.63) is 246 Å². The lowest BCUT2D eigenvalue weighted by atomic mass is 9.90. The van der Waals surface area contributed by atoms with Crippen LogP contribution in [0, 0.1) is 11.3 Å². The van der Waals surface area contributed by atoms with Crippen molar-refractivity contribution >= 4 is 87.2 Å². The topological polar surface area (TPSA) is 56.4 Å². The van der Waals surface area contributed by atoms with Gasteiger partial charge in [0.2, 0.25) is 0 Å². The quantitative estimate of drug-likeness (QED) is 0.156. The van der Waals surface area contributed by atoms with E-state index in [1.807, 2.05) is 81.9 Å². The fourth-order valence-corrected chi connectivity index (χ4v) is 12.8. The Bertz CT molecular complexity index is 4910. The highest BCUT2D eigenvalue weighted by atomic mass is 19.4. The average molecular weight is 1190 g/mol. The van der Waals surface area contributed by atoms with Gasteiger partial charge in [-0.1, -0.05) is 133 Å². The fourth-order valence-electron chi connectivity index (χ4n) is 12.8. The Labute approximate surface area is 488 Å². The molecule has 0 saturated carbocycles. The number of aromatic nitrogens is 5. The predicted octanol–water partition coefficient (Wildman–Crippen LogP) is 20.8. The summed E-state index contributed by atoms with van der Waals surface area (Å²) >= 11 is 0. The van der Waals surface area contributed by atoms with Gasteiger partial charge in [0, 0.05) is 65.3 Å². The summed E-state index contributed by atoms with van der Waals surface area (Å²) in [6.45, 7) is 0. The molecule has 0 aliphatic carbocycles. The largest absolute Gasteiger partial charge is 0.416 e. The standard InChI is InChI=1S/C70H36F12N6/c71-67(72,73)38-25-29-46-47-30-26-39(68(74,75)76)34-60(47)87(59(46)33-38)65-63(50-17-5-11-23-57(50)85-53-19-7-1-13-42(53)43-14-2-8-20-54(43)85)52(37-83)64(51-18-6-12-24-58(51)86-55-21-9-3-15-44(55)45-16-4-10-22-56(45)86)66(84-65)88-61-35-40(69(77,78)79)27-31-48(61)49-32-28-41(36-62(49)88)70(80,81)82/h1-36H. The van der Waals surface area contributed by atoms with Gasteiger partial charge in [0.05, 0.1) is 83.3 Å². The Morgan fingerprint density at radius 3 is 0.807 bits per heavy atom. The van der Waals surface area contributed by atoms with E-state index in [1.165, 1.54) is 0 Å². The molecule has 0 aliphatic rings. The lowest BCUT2D eigenvalue weighted by molar-refractivity contribution is -0.138. The smallest absolute Gasteiger partial charge is 0.309 e. The van der Waals surface area contributed by atoms with Gasteiger partial charge in [0.15, 0.2) is 0 Å². The van der Waals surface area contributed by atoms with E-state index in [0.29, 0.717) is 33.4 Å². The number of hydrogen-bond donors (Lipinski definition) is 0. The third-order valence-electron chi connectivity index (χ3n) is 16.5. The predicted molar refractivity (Wildman–Crippen MR) is 317 cm³/mol. The first kappa shape index (κ1) is 53.9. The highest BCUT2D eigenvalue weighted by molar-refractivity contribution is 6.15. The summed E-state index contributed by atoms with van der Waals surface area (Å²) < 4.78 is 189. The van der Waals surface area contributed by atoms with Crippen LogP contribution in [0.4, 0.5) is 52.7 Å². The molecule has 0 amide bonds. The van der Waals surface area contributed by atoms with Crippen molar-refractivity contribution in [3.63, 3.8) is 0 Å². The third kappa shape index (κ3) is 8.16. The highest BCUT2D eigenvalue weighted by Crippen LogP contribution is 2.50. The van der Waals surface area contributed by atoms with E-state index in [9.17, 15) is 5.26 Å². The molecule has 5 aromatic heterocycles. The normalized spacial score (nSPS) is 12.8. The van der Waals surface area contributed by atoms with Crippen LogP contribution in [-0.2, 0) is 24.7 Å². The van der Waals surface area contributed by atoms with Crippen LogP contribution in [0.25, 0.3) is 132 Å². The van der Waals surface area contributed by atoms with Gasteiger partial charge in [0.25, 0.3) is 0 Å². The highest BCUT2D eigenvalue weighted by Gasteiger charge is 2.38. The van der Waals surface area contributed by atoms with Crippen LogP contribution in [0.1, 0.15) is 27.8 Å². The molecule has 0 spiro atoms. The van der Waals surface area contributed by atoms with E-state index >= 15 is 52.7 Å². The molecular formula is C70H36F12N6. The number of nitrogens with zero attached hydrogens (tertiary/aromatic N) is 6. The molecule has 0 fully saturated rings. The van der Waals surface area contributed by atoms with Gasteiger partial charge in [0.1, 0.15) is 17.7 Å². The van der Waals surface area contributed by atoms with Crippen LogP contribution in [0.15, 0.2) is 218 Å². The number of pyridine rings is 1. The minimum Gasteiger partial charge on any atom is -0.309 e. The second-order valence-corrected chi connectivity index (χ2v) is 21.4. The second kappa shape index (κ2) is 19.1. The maximum Gasteiger partial charge on any atom is 0.416 e. The minimum atomic E-state index is -5.05. The minimum absolute atomic E-state index is 0.00232. The number of fused-ring (bicyclic) bond motifs is 12. The zero-order valence-electron chi connectivity index (χ0n) is 45.0. The van der Waals surface area contributed by atoms with E-state index in [4.69, 9.17) is 4.98 Å². The molecular weight excluding hydrogens is 1150 g/mol. The molecule has 0 N–H and O–H groups in total. The van der Waals surface area contributed by atoms with Crippen LogP contribution in [0.2, 0.25) is 0 Å². The molecule has 430 valence electrons. The van der Waals surface area contributed by atoms with Crippen molar-refractivity contribution < 1.29 is 52.7 Å². The van der Waals surface area contributed by atoms with E-state index in [1.54, 1.807) is 72.8 Å². The van der Waals surface area contributed by atoms with Crippen LogP contribution < -0.4 is 0 Å². The molecule has 15 rings (SSSR count). The molecule has 0 atom stereocenters. The van der Waals surface area contributed by atoms with E-state index in [2.05, 4.69) is 6.07 Å². The monoisotopic (exact) mass is 1190 g/mol. The average Bonchev–Trinajstić information content (AvgIpc) is 1.50. The zero-order chi connectivity index (χ0) is 60.9. The zero-order valence-corrected chi connectivity index (χ0v) is 45.0. The lowest BCUT2D eigenvalue weighted by Gasteiger charge is -2.25. The van der Waals surface area contributed by atoms with Gasteiger partial charge in [-0.15, -0.1) is 0 Å². The van der Waals surface area contributed by atoms with Gasteiger partial charge in [-0.05, 0) is 84.9 Å². The van der Waals surface area contributed by atoms with Crippen molar-refractivity contribution in [1.82, 2.24) is 23.3 Å². The summed E-state index contributed by atoms with van der Waals surface area (Å²) in [5.41, 5.74) is -3.56. The molecule has 0 aliphatic heterocycles. The van der Waals surface area contributed by atoms with Crippen molar-refractivity contribution in [2.24, 2.45) is 0 Å². The Balaban J connectivity index is 1.22. The Morgan fingerprint density at radius 1 is 0.284 bits per heavy atom. The SMILES string of the molecule is N#Cc1c(-c2ccccc2-n2c3ccccc3c3ccccc32)c(-n2c3cc(C(F)(F)F)ccc3c3ccc(C(F)(F)F)cc32)nc(-n2c3cc(C(F)(F)F)ccc3c3ccc(C(F)(F)F)cc32)c1-c1ccccc1-n1c2ccccc2c2ccccc21. The fraction of sp³-hybridized carbons (Fsp3) is 0.0571. The molecule has 0 bridgehead atoms. The van der Waals surface area contributed by atoms with Crippen molar-refractivity contribution in [2.75, 3.05) is 0 Å². The van der Waals surface area contributed by atoms with E-state index in [-0.39, 0.29) is 71.4 Å². The number of alkyl halides is 12. The molecule has 10 aromatic carbocycles. The first-order chi connectivity index (χ1) is 42.2. The summed E-state index contributed by atoms with van der Waals surface area (Å²) in [5, 5.41) is 15.7. The van der Waals surface area contributed by atoms with E-state index in [0.717, 1.165) is 103 Å². The summed E-state index contributed by atoms with van der Waals surface area (Å²) in [5.74, 6) is -1.02. The van der Waals surface area contributed by atoms with Crippen LogP contribution in [0.5, 0.6) is 0 Å². The van der Waals surface area contributed by atoms with Crippen LogP contribution in [0.3, 0.4) is 0 Å². The molecule has 6 nitrogen and oxygen atoms in total. The van der Waals surface area contributed by atoms with Gasteiger partial charge in [-0.2, -0.15) is 57.9 Å².